The fourth-order valence-electron chi connectivity index (χ4n) is 8.58. The van der Waals surface area contributed by atoms with E-state index in [1.807, 2.05) is 0 Å². The summed E-state index contributed by atoms with van der Waals surface area (Å²) in [5, 5.41) is 9.64. The molecule has 0 rings (SSSR count). The molecule has 0 saturated heterocycles. The molecule has 0 aliphatic rings. The van der Waals surface area contributed by atoms with E-state index in [1.54, 1.807) is 0 Å². The highest BCUT2D eigenvalue weighted by atomic mass is 16.6. The number of hydrogen-bond acceptors (Lipinski definition) is 5. The molecular weight excluding hydrogens is 837 g/mol. The molecule has 0 radical (unpaired) electrons. The van der Waals surface area contributed by atoms with Crippen molar-refractivity contribution in [3.63, 3.8) is 0 Å². The predicted molar refractivity (Wildman–Crippen MR) is 297 cm³/mol. The van der Waals surface area contributed by atoms with E-state index in [0.29, 0.717) is 12.8 Å². The average Bonchev–Trinajstić information content (AvgIpc) is 3.34. The van der Waals surface area contributed by atoms with Crippen LogP contribution in [-0.4, -0.2) is 36.4 Å². The van der Waals surface area contributed by atoms with E-state index in [4.69, 9.17) is 9.47 Å². The minimum absolute atomic E-state index is 0.0705. The van der Waals surface area contributed by atoms with Crippen molar-refractivity contribution >= 4 is 11.9 Å². The number of carbonyl (C=O) groups is 2. The number of hydrogen-bond donors (Lipinski definition) is 1. The van der Waals surface area contributed by atoms with Gasteiger partial charge in [-0.2, -0.15) is 0 Å². The van der Waals surface area contributed by atoms with Gasteiger partial charge in [0, 0.05) is 12.8 Å². The molecular formula is C63H112O5. The summed E-state index contributed by atoms with van der Waals surface area (Å²) >= 11 is 0. The van der Waals surface area contributed by atoms with E-state index in [9.17, 15) is 14.7 Å². The minimum atomic E-state index is -0.778. The predicted octanol–water partition coefficient (Wildman–Crippen LogP) is 20.0. The molecule has 0 aromatic carbocycles. The highest BCUT2D eigenvalue weighted by Crippen LogP contribution is 2.17. The molecule has 5 heteroatoms. The third kappa shape index (κ3) is 55.9. The summed E-state index contributed by atoms with van der Waals surface area (Å²) in [6, 6.07) is 0. The number of ether oxygens (including phenoxy) is 2. The molecule has 0 fully saturated rings. The summed E-state index contributed by atoms with van der Waals surface area (Å²) in [5.41, 5.74) is 0. The summed E-state index contributed by atoms with van der Waals surface area (Å²) < 4.78 is 10.7. The Balaban J connectivity index is 3.42. The normalized spacial score (nSPS) is 12.7. The Kier molecular flexibility index (Phi) is 56.4. The van der Waals surface area contributed by atoms with Crippen LogP contribution >= 0.6 is 0 Å². The molecule has 68 heavy (non-hydrogen) atoms. The Morgan fingerprint density at radius 3 is 0.956 bits per heavy atom. The maximum absolute atomic E-state index is 12.3. The molecule has 0 saturated carbocycles. The van der Waals surface area contributed by atoms with E-state index in [0.717, 1.165) is 77.0 Å². The van der Waals surface area contributed by atoms with Gasteiger partial charge >= 0.3 is 11.9 Å². The van der Waals surface area contributed by atoms with Crippen molar-refractivity contribution in [1.82, 2.24) is 0 Å². The van der Waals surface area contributed by atoms with Gasteiger partial charge in [0.15, 0.2) is 6.10 Å². The van der Waals surface area contributed by atoms with E-state index in [2.05, 4.69) is 86.8 Å². The van der Waals surface area contributed by atoms with Crippen LogP contribution in [0.15, 0.2) is 72.9 Å². The third-order valence-electron chi connectivity index (χ3n) is 13.0. The molecule has 394 valence electrons. The maximum Gasteiger partial charge on any atom is 0.306 e. The van der Waals surface area contributed by atoms with Crippen LogP contribution in [-0.2, 0) is 19.1 Å². The van der Waals surface area contributed by atoms with Crippen LogP contribution in [0.4, 0.5) is 0 Å². The molecule has 0 bridgehead atoms. The maximum atomic E-state index is 12.3. The Morgan fingerprint density at radius 2 is 0.632 bits per heavy atom. The first-order valence-electron chi connectivity index (χ1n) is 29.5. The number of unbranched alkanes of at least 4 members (excludes halogenated alkanes) is 34. The second-order valence-electron chi connectivity index (χ2n) is 19.7. The van der Waals surface area contributed by atoms with Crippen LogP contribution in [0.2, 0.25) is 0 Å². The van der Waals surface area contributed by atoms with Gasteiger partial charge in [-0.3, -0.25) is 9.59 Å². The fourth-order valence-corrected chi connectivity index (χ4v) is 8.58. The number of aliphatic hydroxyl groups excluding tert-OH is 1. The van der Waals surface area contributed by atoms with E-state index >= 15 is 0 Å². The van der Waals surface area contributed by atoms with Gasteiger partial charge in [-0.15, -0.1) is 0 Å². The van der Waals surface area contributed by atoms with Crippen molar-refractivity contribution < 1.29 is 24.2 Å². The lowest BCUT2D eigenvalue weighted by Gasteiger charge is -2.15. The van der Waals surface area contributed by atoms with Crippen LogP contribution in [0, 0.1) is 0 Å². The van der Waals surface area contributed by atoms with Gasteiger partial charge < -0.3 is 14.6 Å². The number of aliphatic hydroxyl groups is 1. The number of allylic oxidation sites excluding steroid dienone is 12. The van der Waals surface area contributed by atoms with Crippen molar-refractivity contribution in [2.75, 3.05) is 13.2 Å². The molecule has 0 aliphatic carbocycles. The molecule has 0 spiro atoms. The molecule has 0 aromatic rings. The number of carbonyl (C=O) groups excluding carboxylic acids is 2. The summed E-state index contributed by atoms with van der Waals surface area (Å²) in [7, 11) is 0. The topological polar surface area (TPSA) is 72.8 Å². The highest BCUT2D eigenvalue weighted by molar-refractivity contribution is 5.70. The fraction of sp³-hybridized carbons (Fsp3) is 0.778. The molecule has 1 atom stereocenters. The lowest BCUT2D eigenvalue weighted by molar-refractivity contribution is -0.161. The molecule has 0 aliphatic heterocycles. The summed E-state index contributed by atoms with van der Waals surface area (Å²) in [4.78, 5) is 24.5. The first-order valence-corrected chi connectivity index (χ1v) is 29.5. The van der Waals surface area contributed by atoms with Crippen LogP contribution < -0.4 is 0 Å². The SMILES string of the molecule is CC/C=C\C/C=C\C/C=C\CCCCCCCCCC(=O)OCC(CO)OC(=O)CCCCCCCCCCCCCCCCCCCCCCCC/C=C\C/C=C\C/C=C\CCCCCCC. The Labute approximate surface area is 423 Å². The van der Waals surface area contributed by atoms with E-state index in [1.165, 1.54) is 193 Å². The van der Waals surface area contributed by atoms with E-state index < -0.39 is 6.10 Å². The van der Waals surface area contributed by atoms with Crippen molar-refractivity contribution in [2.24, 2.45) is 0 Å². The quantitative estimate of drug-likeness (QED) is 0.0374. The lowest BCUT2D eigenvalue weighted by atomic mass is 10.0. The number of esters is 2. The van der Waals surface area contributed by atoms with Gasteiger partial charge in [-0.1, -0.05) is 273 Å². The summed E-state index contributed by atoms with van der Waals surface area (Å²) in [6.45, 7) is 4.03. The molecule has 1 N–H and O–H groups in total. The van der Waals surface area contributed by atoms with Crippen LogP contribution in [0.1, 0.15) is 296 Å². The zero-order valence-corrected chi connectivity index (χ0v) is 45.1. The van der Waals surface area contributed by atoms with Crippen molar-refractivity contribution in [3.8, 4) is 0 Å². The summed E-state index contributed by atoms with van der Waals surface area (Å²) in [6.07, 6.45) is 80.4. The zero-order chi connectivity index (χ0) is 49.2. The molecule has 0 amide bonds. The van der Waals surface area contributed by atoms with Gasteiger partial charge in [-0.05, 0) is 83.5 Å². The Bertz CT molecular complexity index is 1210. The van der Waals surface area contributed by atoms with Gasteiger partial charge in [-0.25, -0.2) is 0 Å². The second-order valence-corrected chi connectivity index (χ2v) is 19.7. The number of rotatable bonds is 54. The standard InChI is InChI=1S/C63H112O5/c1-3-5-7-9-11-13-15-17-19-21-22-23-24-25-26-27-28-29-30-31-32-33-34-35-36-37-38-39-40-42-44-46-48-50-52-54-56-58-63(66)68-61(59-64)60-67-62(65)57-55-53-51-49-47-45-43-41-20-18-16-14-12-10-8-6-4-2/h6,8,12,14-15,17-18,20-22,24-25,61,64H,3-5,7,9-11,13,16,19,23,26-60H2,1-2H3/b8-6-,14-12-,17-15-,20-18-,22-21-,25-24-. The van der Waals surface area contributed by atoms with Crippen molar-refractivity contribution in [1.29, 1.82) is 0 Å². The molecule has 5 nitrogen and oxygen atoms in total. The zero-order valence-electron chi connectivity index (χ0n) is 45.1. The van der Waals surface area contributed by atoms with Crippen LogP contribution in [0.5, 0.6) is 0 Å². The highest BCUT2D eigenvalue weighted by Gasteiger charge is 2.16. The van der Waals surface area contributed by atoms with Gasteiger partial charge in [0.25, 0.3) is 0 Å². The largest absolute Gasteiger partial charge is 0.462 e. The Hall–Kier alpha value is -2.66. The van der Waals surface area contributed by atoms with Crippen molar-refractivity contribution in [2.45, 2.75) is 302 Å². The second kappa shape index (κ2) is 58.7. The van der Waals surface area contributed by atoms with Crippen molar-refractivity contribution in [3.05, 3.63) is 72.9 Å². The smallest absolute Gasteiger partial charge is 0.306 e. The molecule has 0 aromatic heterocycles. The monoisotopic (exact) mass is 949 g/mol. The molecule has 1 unspecified atom stereocenters. The third-order valence-corrected chi connectivity index (χ3v) is 13.0. The first kappa shape index (κ1) is 65.3. The average molecular weight is 950 g/mol. The molecule has 0 heterocycles. The van der Waals surface area contributed by atoms with Crippen LogP contribution in [0.25, 0.3) is 0 Å². The lowest BCUT2D eigenvalue weighted by Crippen LogP contribution is -2.28. The van der Waals surface area contributed by atoms with Gasteiger partial charge in [0.2, 0.25) is 0 Å². The minimum Gasteiger partial charge on any atom is -0.462 e. The first-order chi connectivity index (χ1) is 33.6. The summed E-state index contributed by atoms with van der Waals surface area (Å²) in [5.74, 6) is -0.593. The van der Waals surface area contributed by atoms with Gasteiger partial charge in [0.1, 0.15) is 6.61 Å². The van der Waals surface area contributed by atoms with Crippen LogP contribution in [0.3, 0.4) is 0 Å². The van der Waals surface area contributed by atoms with E-state index in [-0.39, 0.29) is 25.2 Å². The Morgan fingerprint density at radius 1 is 0.353 bits per heavy atom. The van der Waals surface area contributed by atoms with Gasteiger partial charge in [0.05, 0.1) is 6.61 Å².